The lowest BCUT2D eigenvalue weighted by Gasteiger charge is -2.04. The zero-order valence-electron chi connectivity index (χ0n) is 10.7. The molecule has 1 aromatic carbocycles. The minimum absolute atomic E-state index is 0.0435. The van der Waals surface area contributed by atoms with E-state index in [1.807, 2.05) is 6.92 Å². The molecule has 18 heavy (non-hydrogen) atoms. The molecule has 1 heterocycles. The van der Waals surface area contributed by atoms with Crippen molar-refractivity contribution in [1.29, 1.82) is 0 Å². The molecule has 94 valence electrons. The highest BCUT2D eigenvalue weighted by Crippen LogP contribution is 2.18. The van der Waals surface area contributed by atoms with E-state index in [0.717, 1.165) is 11.1 Å². The molecule has 0 radical (unpaired) electrons. The molecule has 0 bridgehead atoms. The normalized spacial score (nSPS) is 10.7. The van der Waals surface area contributed by atoms with E-state index in [9.17, 15) is 9.18 Å². The summed E-state index contributed by atoms with van der Waals surface area (Å²) in [7, 11) is 0. The molecule has 0 atom stereocenters. The van der Waals surface area contributed by atoms with Crippen molar-refractivity contribution in [3.05, 3.63) is 58.3 Å². The minimum Gasteiger partial charge on any atom is -0.466 e. The Morgan fingerprint density at radius 3 is 2.56 bits per heavy atom. The van der Waals surface area contributed by atoms with Crippen molar-refractivity contribution in [2.45, 2.75) is 27.2 Å². The fraction of sp³-hybridized carbons (Fsp3) is 0.267. The molecule has 0 aliphatic heterocycles. The van der Waals surface area contributed by atoms with Crippen molar-refractivity contribution >= 4 is 5.78 Å². The van der Waals surface area contributed by atoms with Crippen LogP contribution < -0.4 is 0 Å². The maximum atomic E-state index is 13.2. The number of benzene rings is 1. The van der Waals surface area contributed by atoms with E-state index < -0.39 is 0 Å². The molecule has 0 spiro atoms. The van der Waals surface area contributed by atoms with Crippen LogP contribution in [-0.4, -0.2) is 5.78 Å². The number of furan rings is 1. The van der Waals surface area contributed by atoms with Crippen molar-refractivity contribution in [3.8, 4) is 0 Å². The lowest BCUT2D eigenvalue weighted by molar-refractivity contribution is 0.0991. The van der Waals surface area contributed by atoms with Crippen LogP contribution in [0.15, 0.2) is 28.7 Å². The van der Waals surface area contributed by atoms with Gasteiger partial charge in [-0.3, -0.25) is 4.79 Å². The van der Waals surface area contributed by atoms with Gasteiger partial charge in [-0.1, -0.05) is 6.07 Å². The molecule has 0 N–H and O–H groups in total. The van der Waals surface area contributed by atoms with Gasteiger partial charge in [0.2, 0.25) is 0 Å². The van der Waals surface area contributed by atoms with Crippen molar-refractivity contribution in [1.82, 2.24) is 0 Å². The van der Waals surface area contributed by atoms with Crippen molar-refractivity contribution in [2.75, 3.05) is 0 Å². The summed E-state index contributed by atoms with van der Waals surface area (Å²) in [6.07, 6.45) is 0.198. The number of carbonyl (C=O) groups excluding carboxylic acids is 1. The molecule has 0 aliphatic rings. The maximum Gasteiger partial charge on any atom is 0.170 e. The Hall–Kier alpha value is -1.90. The summed E-state index contributed by atoms with van der Waals surface area (Å²) in [5.74, 6) is 0.972. The van der Waals surface area contributed by atoms with Crippen LogP contribution in [0.1, 0.15) is 33.0 Å². The van der Waals surface area contributed by atoms with Gasteiger partial charge in [-0.05, 0) is 50.1 Å². The third-order valence-electron chi connectivity index (χ3n) is 3.00. The first-order valence-electron chi connectivity index (χ1n) is 5.82. The average Bonchev–Trinajstić information content (AvgIpc) is 2.63. The number of hydrogen-bond acceptors (Lipinski definition) is 2. The first kappa shape index (κ1) is 12.6. The lowest BCUT2D eigenvalue weighted by atomic mass is 9.99. The van der Waals surface area contributed by atoms with Crippen molar-refractivity contribution in [3.63, 3.8) is 0 Å². The monoisotopic (exact) mass is 246 g/mol. The second-order valence-corrected chi connectivity index (χ2v) is 4.50. The fourth-order valence-electron chi connectivity index (χ4n) is 2.01. The Kier molecular flexibility index (Phi) is 3.32. The zero-order valence-corrected chi connectivity index (χ0v) is 10.7. The van der Waals surface area contributed by atoms with Gasteiger partial charge in [-0.15, -0.1) is 0 Å². The molecule has 2 aromatic rings. The van der Waals surface area contributed by atoms with Crippen LogP contribution in [-0.2, 0) is 6.42 Å². The molecular formula is C15H15FO2. The highest BCUT2D eigenvalue weighted by Gasteiger charge is 2.15. The van der Waals surface area contributed by atoms with Gasteiger partial charge in [0.15, 0.2) is 5.78 Å². The van der Waals surface area contributed by atoms with E-state index in [0.29, 0.717) is 17.1 Å². The van der Waals surface area contributed by atoms with E-state index >= 15 is 0 Å². The molecule has 1 aromatic heterocycles. The number of hydrogen-bond donors (Lipinski definition) is 0. The molecule has 0 fully saturated rings. The Balaban J connectivity index is 2.26. The molecule has 0 aliphatic carbocycles. The molecule has 2 rings (SSSR count). The number of carbonyl (C=O) groups is 1. The summed E-state index contributed by atoms with van der Waals surface area (Å²) >= 11 is 0. The summed E-state index contributed by atoms with van der Waals surface area (Å²) in [5.41, 5.74) is 2.22. The number of halogens is 1. The number of Topliss-reactive ketones (excluding diaryl/α,β-unsaturated/α-hetero) is 1. The zero-order chi connectivity index (χ0) is 13.3. The summed E-state index contributed by atoms with van der Waals surface area (Å²) in [6.45, 7) is 5.44. The predicted molar refractivity (Wildman–Crippen MR) is 67.4 cm³/mol. The second kappa shape index (κ2) is 4.77. The summed E-state index contributed by atoms with van der Waals surface area (Å²) in [6, 6.07) is 6.23. The topological polar surface area (TPSA) is 30.2 Å². The Morgan fingerprint density at radius 2 is 1.94 bits per heavy atom. The Morgan fingerprint density at radius 1 is 1.22 bits per heavy atom. The van der Waals surface area contributed by atoms with Gasteiger partial charge in [0.05, 0.1) is 5.56 Å². The largest absolute Gasteiger partial charge is 0.466 e. The van der Waals surface area contributed by atoms with Crippen LogP contribution in [0.4, 0.5) is 4.39 Å². The molecule has 2 nitrogen and oxygen atoms in total. The van der Waals surface area contributed by atoms with Crippen LogP contribution in [0.3, 0.4) is 0 Å². The molecule has 0 saturated carbocycles. The Labute approximate surface area is 105 Å². The van der Waals surface area contributed by atoms with Gasteiger partial charge >= 0.3 is 0 Å². The third-order valence-corrected chi connectivity index (χ3v) is 3.00. The predicted octanol–water partition coefficient (Wildman–Crippen LogP) is 3.77. The SMILES string of the molecule is Cc1cc(C(=O)Cc2cc(F)ccc2C)c(C)o1. The van der Waals surface area contributed by atoms with Gasteiger partial charge in [-0.25, -0.2) is 4.39 Å². The second-order valence-electron chi connectivity index (χ2n) is 4.50. The van der Waals surface area contributed by atoms with Crippen LogP contribution in [0.5, 0.6) is 0 Å². The number of ketones is 1. The maximum absolute atomic E-state index is 13.2. The number of aryl methyl sites for hydroxylation is 3. The fourth-order valence-corrected chi connectivity index (χ4v) is 2.01. The third kappa shape index (κ3) is 2.50. The Bertz CT molecular complexity index is 597. The van der Waals surface area contributed by atoms with E-state index in [2.05, 4.69) is 0 Å². The summed E-state index contributed by atoms with van der Waals surface area (Å²) in [5, 5.41) is 0. The van der Waals surface area contributed by atoms with E-state index in [4.69, 9.17) is 4.42 Å². The first-order chi connectivity index (χ1) is 8.47. The van der Waals surface area contributed by atoms with E-state index in [1.54, 1.807) is 26.0 Å². The van der Waals surface area contributed by atoms with Gasteiger partial charge in [0.25, 0.3) is 0 Å². The van der Waals surface area contributed by atoms with Gasteiger partial charge in [0, 0.05) is 6.42 Å². The quantitative estimate of drug-likeness (QED) is 0.772. The van der Waals surface area contributed by atoms with E-state index in [1.165, 1.54) is 12.1 Å². The molecule has 3 heteroatoms. The van der Waals surface area contributed by atoms with Gasteiger partial charge in [0.1, 0.15) is 17.3 Å². The minimum atomic E-state index is -0.316. The van der Waals surface area contributed by atoms with Gasteiger partial charge in [-0.2, -0.15) is 0 Å². The van der Waals surface area contributed by atoms with E-state index in [-0.39, 0.29) is 18.0 Å². The summed E-state index contributed by atoms with van der Waals surface area (Å²) in [4.78, 5) is 12.1. The molecular weight excluding hydrogens is 231 g/mol. The van der Waals surface area contributed by atoms with Crippen molar-refractivity contribution in [2.24, 2.45) is 0 Å². The standard InChI is InChI=1S/C15H15FO2/c1-9-4-5-13(16)7-12(9)8-15(17)14-6-10(2)18-11(14)3/h4-7H,8H2,1-3H3. The smallest absolute Gasteiger partial charge is 0.170 e. The highest BCUT2D eigenvalue weighted by atomic mass is 19.1. The van der Waals surface area contributed by atoms with Crippen LogP contribution in [0, 0.1) is 26.6 Å². The van der Waals surface area contributed by atoms with Gasteiger partial charge < -0.3 is 4.42 Å². The molecule has 0 amide bonds. The number of rotatable bonds is 3. The van der Waals surface area contributed by atoms with Crippen LogP contribution in [0.2, 0.25) is 0 Å². The highest BCUT2D eigenvalue weighted by molar-refractivity contribution is 5.98. The van der Waals surface area contributed by atoms with Crippen LogP contribution >= 0.6 is 0 Å². The summed E-state index contributed by atoms with van der Waals surface area (Å²) < 4.78 is 18.5. The molecule has 0 unspecified atom stereocenters. The molecule has 0 saturated heterocycles. The average molecular weight is 246 g/mol. The first-order valence-corrected chi connectivity index (χ1v) is 5.82. The van der Waals surface area contributed by atoms with Crippen LogP contribution in [0.25, 0.3) is 0 Å². The van der Waals surface area contributed by atoms with Crippen molar-refractivity contribution < 1.29 is 13.6 Å². The lowest BCUT2D eigenvalue weighted by Crippen LogP contribution is -2.05.